The number of ether oxygens (including phenoxy) is 1. The number of carbonyl (C=O) groups is 1. The van der Waals surface area contributed by atoms with Gasteiger partial charge in [0.25, 0.3) is 5.69 Å². The van der Waals surface area contributed by atoms with Crippen LogP contribution in [-0.4, -0.2) is 23.7 Å². The van der Waals surface area contributed by atoms with E-state index < -0.39 is 16.5 Å². The molecule has 0 aliphatic heterocycles. The van der Waals surface area contributed by atoms with Crippen molar-refractivity contribution in [3.05, 3.63) is 80.2 Å². The van der Waals surface area contributed by atoms with Crippen LogP contribution in [0.3, 0.4) is 0 Å². The third kappa shape index (κ3) is 3.73. The van der Waals surface area contributed by atoms with Gasteiger partial charge in [0.15, 0.2) is 0 Å². The van der Waals surface area contributed by atoms with Crippen LogP contribution in [0.4, 0.5) is 5.69 Å². The van der Waals surface area contributed by atoms with Crippen molar-refractivity contribution in [1.29, 1.82) is 0 Å². The molecule has 0 saturated carbocycles. The number of methoxy groups -OCH3 is 1. The molecular formula is C19H14N2O7. The first-order valence-corrected chi connectivity index (χ1v) is 8.02. The summed E-state index contributed by atoms with van der Waals surface area (Å²) in [4.78, 5) is 39.3. The van der Waals surface area contributed by atoms with Crippen molar-refractivity contribution in [3.63, 3.8) is 0 Å². The van der Waals surface area contributed by atoms with Crippen LogP contribution in [0, 0.1) is 10.1 Å². The second-order valence-corrected chi connectivity index (χ2v) is 5.65. The lowest BCUT2D eigenvalue weighted by atomic mass is 10.0. The van der Waals surface area contributed by atoms with E-state index in [2.05, 4.69) is 5.16 Å². The number of non-ortho nitro benzene ring substituents is 1. The minimum absolute atomic E-state index is 0.0107. The standard InChI is InChI=1S/C19H14N2O7/c1-11(22)28-20-18(12-6-4-3-5-7-12)15-10-14-16(21(24)25)8-13(26-2)9-17(14)27-19(15)23/h3-10H,1-2H3/b20-18+. The number of nitro groups is 1. The van der Waals surface area contributed by atoms with Gasteiger partial charge in [0.05, 0.1) is 29.0 Å². The van der Waals surface area contributed by atoms with Crippen LogP contribution in [0.5, 0.6) is 5.75 Å². The first-order valence-electron chi connectivity index (χ1n) is 8.02. The highest BCUT2D eigenvalue weighted by Crippen LogP contribution is 2.31. The fourth-order valence-electron chi connectivity index (χ4n) is 2.57. The zero-order valence-corrected chi connectivity index (χ0v) is 14.9. The summed E-state index contributed by atoms with van der Waals surface area (Å²) in [6.07, 6.45) is 0. The van der Waals surface area contributed by atoms with Crippen LogP contribution in [-0.2, 0) is 9.63 Å². The predicted octanol–water partition coefficient (Wildman–Crippen LogP) is 3.03. The van der Waals surface area contributed by atoms with Crippen molar-refractivity contribution in [1.82, 2.24) is 0 Å². The van der Waals surface area contributed by atoms with Crippen LogP contribution >= 0.6 is 0 Å². The Morgan fingerprint density at radius 2 is 1.89 bits per heavy atom. The van der Waals surface area contributed by atoms with Gasteiger partial charge in [0.1, 0.15) is 17.0 Å². The monoisotopic (exact) mass is 382 g/mol. The number of benzene rings is 2. The van der Waals surface area contributed by atoms with E-state index >= 15 is 0 Å². The van der Waals surface area contributed by atoms with Gasteiger partial charge >= 0.3 is 11.6 Å². The topological polar surface area (TPSA) is 121 Å². The Kier molecular flexibility index (Phi) is 5.16. The SMILES string of the molecule is COc1cc([N+](=O)[O-])c2cc(/C(=N/OC(C)=O)c3ccccc3)c(=O)oc2c1. The van der Waals surface area contributed by atoms with Gasteiger partial charge in [-0.05, 0) is 6.07 Å². The van der Waals surface area contributed by atoms with E-state index in [1.165, 1.54) is 25.3 Å². The van der Waals surface area contributed by atoms with Gasteiger partial charge in [0, 0.05) is 18.6 Å². The first kappa shape index (κ1) is 18.8. The highest BCUT2D eigenvalue weighted by atomic mass is 16.7. The van der Waals surface area contributed by atoms with Gasteiger partial charge in [-0.1, -0.05) is 35.5 Å². The Balaban J connectivity index is 2.30. The average molecular weight is 382 g/mol. The summed E-state index contributed by atoms with van der Waals surface area (Å²) in [5.74, 6) is -0.513. The Morgan fingerprint density at radius 3 is 2.50 bits per heavy atom. The molecule has 0 aliphatic rings. The molecule has 0 spiro atoms. The fourth-order valence-corrected chi connectivity index (χ4v) is 2.57. The average Bonchev–Trinajstić information content (AvgIpc) is 2.68. The number of oxime groups is 1. The summed E-state index contributed by atoms with van der Waals surface area (Å²) in [6, 6.07) is 12.3. The van der Waals surface area contributed by atoms with Crippen molar-refractivity contribution in [2.24, 2.45) is 5.16 Å². The van der Waals surface area contributed by atoms with E-state index in [9.17, 15) is 19.7 Å². The predicted molar refractivity (Wildman–Crippen MR) is 99.5 cm³/mol. The third-order valence-electron chi connectivity index (χ3n) is 3.81. The molecule has 0 unspecified atom stereocenters. The Bertz CT molecular complexity index is 1150. The van der Waals surface area contributed by atoms with E-state index in [-0.39, 0.29) is 33.7 Å². The number of nitro benzene ring substituents is 1. The summed E-state index contributed by atoms with van der Waals surface area (Å²) in [5.41, 5.74) is -0.736. The summed E-state index contributed by atoms with van der Waals surface area (Å²) in [5, 5.41) is 15.3. The highest BCUT2D eigenvalue weighted by Gasteiger charge is 2.21. The fraction of sp³-hybridized carbons (Fsp3) is 0.105. The molecule has 0 N–H and O–H groups in total. The molecule has 3 aromatic rings. The molecule has 0 saturated heterocycles. The molecule has 2 aromatic carbocycles. The molecule has 0 bridgehead atoms. The van der Waals surface area contributed by atoms with Gasteiger partial charge in [-0.3, -0.25) is 10.1 Å². The molecule has 0 radical (unpaired) electrons. The van der Waals surface area contributed by atoms with Crippen molar-refractivity contribution in [3.8, 4) is 5.75 Å². The maximum atomic E-state index is 12.6. The van der Waals surface area contributed by atoms with Gasteiger partial charge in [0.2, 0.25) is 0 Å². The quantitative estimate of drug-likeness (QED) is 0.219. The van der Waals surface area contributed by atoms with Crippen LogP contribution < -0.4 is 10.4 Å². The van der Waals surface area contributed by atoms with Crippen molar-refractivity contribution < 1.29 is 23.7 Å². The zero-order valence-electron chi connectivity index (χ0n) is 14.9. The largest absolute Gasteiger partial charge is 0.496 e. The van der Waals surface area contributed by atoms with Crippen LogP contribution in [0.15, 0.2) is 62.9 Å². The maximum absolute atomic E-state index is 12.6. The lowest BCUT2D eigenvalue weighted by Crippen LogP contribution is -2.17. The molecule has 3 rings (SSSR count). The molecule has 0 fully saturated rings. The molecule has 142 valence electrons. The van der Waals surface area contributed by atoms with E-state index in [1.807, 2.05) is 0 Å². The number of rotatable bonds is 5. The number of nitrogens with zero attached hydrogens (tertiary/aromatic N) is 2. The van der Waals surface area contributed by atoms with Gasteiger partial charge in [-0.25, -0.2) is 9.59 Å². The lowest BCUT2D eigenvalue weighted by molar-refractivity contribution is -0.383. The van der Waals surface area contributed by atoms with Crippen LogP contribution in [0.2, 0.25) is 0 Å². The third-order valence-corrected chi connectivity index (χ3v) is 3.81. The summed E-state index contributed by atoms with van der Waals surface area (Å²) < 4.78 is 10.3. The highest BCUT2D eigenvalue weighted by molar-refractivity contribution is 6.13. The molecule has 1 aromatic heterocycles. The Hall–Kier alpha value is -4.01. The zero-order chi connectivity index (χ0) is 20.3. The van der Waals surface area contributed by atoms with E-state index in [0.717, 1.165) is 6.92 Å². The van der Waals surface area contributed by atoms with Gasteiger partial charge < -0.3 is 14.0 Å². The molecule has 9 nitrogen and oxygen atoms in total. The number of hydrogen-bond donors (Lipinski definition) is 0. The summed E-state index contributed by atoms with van der Waals surface area (Å²) >= 11 is 0. The molecule has 1 heterocycles. The number of fused-ring (bicyclic) bond motifs is 1. The van der Waals surface area contributed by atoms with Crippen molar-refractivity contribution in [2.75, 3.05) is 7.11 Å². The normalized spacial score (nSPS) is 11.3. The van der Waals surface area contributed by atoms with E-state index in [4.69, 9.17) is 14.0 Å². The molecular weight excluding hydrogens is 368 g/mol. The van der Waals surface area contributed by atoms with Gasteiger partial charge in [-0.15, -0.1) is 0 Å². The minimum Gasteiger partial charge on any atom is -0.496 e. The van der Waals surface area contributed by atoms with Crippen molar-refractivity contribution in [2.45, 2.75) is 6.92 Å². The second-order valence-electron chi connectivity index (χ2n) is 5.65. The van der Waals surface area contributed by atoms with Crippen LogP contribution in [0.25, 0.3) is 11.0 Å². The summed E-state index contributed by atoms with van der Waals surface area (Å²) in [7, 11) is 1.34. The van der Waals surface area contributed by atoms with E-state index in [1.54, 1.807) is 30.3 Å². The molecule has 0 aliphatic carbocycles. The van der Waals surface area contributed by atoms with Crippen molar-refractivity contribution >= 4 is 28.3 Å². The molecule has 28 heavy (non-hydrogen) atoms. The Labute approximate surface area is 157 Å². The molecule has 0 amide bonds. The lowest BCUT2D eigenvalue weighted by Gasteiger charge is -2.08. The van der Waals surface area contributed by atoms with Crippen LogP contribution in [0.1, 0.15) is 18.1 Å². The van der Waals surface area contributed by atoms with E-state index in [0.29, 0.717) is 5.56 Å². The Morgan fingerprint density at radius 1 is 1.18 bits per heavy atom. The minimum atomic E-state index is -0.801. The number of hydrogen-bond acceptors (Lipinski definition) is 8. The molecule has 0 atom stereocenters. The molecule has 9 heteroatoms. The van der Waals surface area contributed by atoms with Gasteiger partial charge in [-0.2, -0.15) is 0 Å². The second kappa shape index (κ2) is 7.70. The number of carbonyl (C=O) groups excluding carboxylic acids is 1. The maximum Gasteiger partial charge on any atom is 0.345 e. The summed E-state index contributed by atoms with van der Waals surface area (Å²) in [6.45, 7) is 1.16. The first-order chi connectivity index (χ1) is 13.4. The smallest absolute Gasteiger partial charge is 0.345 e.